The van der Waals surface area contributed by atoms with Crippen LogP contribution in [0.4, 0.5) is 0 Å². The number of allylic oxidation sites excluding steroid dienone is 17. The molecule has 0 bridgehead atoms. The first-order valence-corrected chi connectivity index (χ1v) is 41.6. The van der Waals surface area contributed by atoms with E-state index in [9.17, 15) is 61.0 Å². The number of carbonyl (C=O) groups excluding carboxylic acids is 1. The summed E-state index contributed by atoms with van der Waals surface area (Å²) in [5.41, 5.74) is 0. The smallest absolute Gasteiger partial charge is 0.220 e. The van der Waals surface area contributed by atoms with Crippen molar-refractivity contribution in [1.29, 1.82) is 0 Å². The molecule has 3 rings (SSSR count). The minimum absolute atomic E-state index is 0.232. The number of nitrogens with one attached hydrogen (secondary N) is 1. The topological polar surface area (TPSA) is 307 Å². The SMILES string of the molecule is CC/C=C\C/C=C\C/C=C\C/C=C\C/C=C\C/C=C\C/C=C\CCCCCCCCCCCCCCCCCCCC(=O)NC(COC1OC(CO)C(OC2OC(CO)C(OC3OC(CO)C(O)C(O)C3O)C(O)C2O)C(O)C1O)C(O)/C=C/CC/C=C/CCCCCCCCCCCCCCCCC. The van der Waals surface area contributed by atoms with Crippen molar-refractivity contribution < 1.29 is 89.4 Å². The molecule has 3 aliphatic heterocycles. The van der Waals surface area contributed by atoms with Crippen LogP contribution in [-0.4, -0.2) is 193 Å². The summed E-state index contributed by atoms with van der Waals surface area (Å²) in [5.74, 6) is -0.285. The first-order chi connectivity index (χ1) is 51.3. The van der Waals surface area contributed by atoms with Gasteiger partial charge in [-0.2, -0.15) is 0 Å². The Kier molecular flexibility index (Phi) is 59.4. The number of amides is 1. The molecule has 17 atom stereocenters. The molecule has 17 unspecified atom stereocenters. The van der Waals surface area contributed by atoms with E-state index in [1.54, 1.807) is 6.08 Å². The third-order valence-corrected chi connectivity index (χ3v) is 20.1. The van der Waals surface area contributed by atoms with Crippen LogP contribution in [0.5, 0.6) is 0 Å². The van der Waals surface area contributed by atoms with Crippen molar-refractivity contribution in [2.24, 2.45) is 0 Å². The summed E-state index contributed by atoms with van der Waals surface area (Å²) >= 11 is 0. The molecule has 0 aromatic heterocycles. The van der Waals surface area contributed by atoms with Crippen molar-refractivity contribution in [3.05, 3.63) is 109 Å². The van der Waals surface area contributed by atoms with Crippen molar-refractivity contribution in [3.8, 4) is 0 Å². The van der Waals surface area contributed by atoms with Crippen molar-refractivity contribution in [1.82, 2.24) is 5.32 Å². The number of hydrogen-bond acceptors (Lipinski definition) is 18. The Morgan fingerprint density at radius 2 is 0.667 bits per heavy atom. The zero-order valence-corrected chi connectivity index (χ0v) is 64.9. The minimum atomic E-state index is -1.98. The van der Waals surface area contributed by atoms with Gasteiger partial charge in [0.2, 0.25) is 5.91 Å². The molecule has 0 aromatic carbocycles. The van der Waals surface area contributed by atoms with Crippen LogP contribution in [0.1, 0.15) is 296 Å². The van der Waals surface area contributed by atoms with E-state index in [-0.39, 0.29) is 18.9 Å². The lowest BCUT2D eigenvalue weighted by Gasteiger charge is -2.48. The highest BCUT2D eigenvalue weighted by Crippen LogP contribution is 2.33. The molecule has 3 aliphatic rings. The fourth-order valence-corrected chi connectivity index (χ4v) is 13.4. The standard InChI is InChI=1S/C86H149NO18/c1-3-5-7-9-11-13-15-17-19-21-23-25-26-27-28-29-30-31-32-33-34-35-36-37-38-39-40-41-42-44-46-48-50-52-54-56-58-60-62-64-74(92)87-69(70(91)63-61-59-57-55-53-51-49-47-45-43-24-22-20-18-16-14-12-10-8-6-4-2)68-100-84-80(98)77(95)82(72(66-89)102-84)105-86-81(99)78(96)83(73(67-90)103-86)104-85-79(97)76(94)75(93)71(65-88)101-85/h5,7,11,13,17,19,23,25,27-28,30-31,33-34,53,55,61,63,69-73,75-86,88-91,93-99H,3-4,6,8-10,12,14-16,18,20-22,24,26,29,32,35-52,54,56-60,62,64-68H2,1-2H3,(H,87,92)/b7-5-,13-11-,19-17-,25-23-,28-27-,31-30-,34-33-,55-53+,63-61+. The van der Waals surface area contributed by atoms with Crippen LogP contribution >= 0.6 is 0 Å². The van der Waals surface area contributed by atoms with Gasteiger partial charge in [-0.05, 0) is 89.9 Å². The number of aliphatic hydroxyl groups is 11. The van der Waals surface area contributed by atoms with Crippen LogP contribution < -0.4 is 5.32 Å². The molecule has 606 valence electrons. The number of hydrogen-bond donors (Lipinski definition) is 12. The maximum Gasteiger partial charge on any atom is 0.220 e. The van der Waals surface area contributed by atoms with Crippen molar-refractivity contribution in [3.63, 3.8) is 0 Å². The molecule has 0 aromatic rings. The van der Waals surface area contributed by atoms with E-state index in [1.807, 2.05) is 6.08 Å². The van der Waals surface area contributed by atoms with Crippen LogP contribution in [0.25, 0.3) is 0 Å². The summed E-state index contributed by atoms with van der Waals surface area (Å²) in [5, 5.41) is 121. The summed E-state index contributed by atoms with van der Waals surface area (Å²) in [4.78, 5) is 13.5. The summed E-state index contributed by atoms with van der Waals surface area (Å²) in [6, 6.07) is -0.996. The van der Waals surface area contributed by atoms with Crippen molar-refractivity contribution in [2.75, 3.05) is 26.4 Å². The van der Waals surface area contributed by atoms with Gasteiger partial charge in [0.05, 0.1) is 38.6 Å². The largest absolute Gasteiger partial charge is 0.394 e. The number of unbranched alkanes of at least 4 members (excludes halogenated alkanes) is 33. The highest BCUT2D eigenvalue weighted by Gasteiger charge is 2.54. The van der Waals surface area contributed by atoms with E-state index in [0.29, 0.717) is 12.8 Å². The third-order valence-electron chi connectivity index (χ3n) is 20.1. The van der Waals surface area contributed by atoms with Gasteiger partial charge in [-0.25, -0.2) is 0 Å². The van der Waals surface area contributed by atoms with E-state index in [0.717, 1.165) is 83.5 Å². The minimum Gasteiger partial charge on any atom is -0.394 e. The van der Waals surface area contributed by atoms with Crippen LogP contribution in [0.3, 0.4) is 0 Å². The molecule has 0 spiro atoms. The van der Waals surface area contributed by atoms with Gasteiger partial charge in [0.1, 0.15) is 73.2 Å². The van der Waals surface area contributed by atoms with Gasteiger partial charge in [0.15, 0.2) is 18.9 Å². The highest BCUT2D eigenvalue weighted by molar-refractivity contribution is 5.76. The Morgan fingerprint density at radius 1 is 0.352 bits per heavy atom. The zero-order chi connectivity index (χ0) is 76.0. The van der Waals surface area contributed by atoms with E-state index >= 15 is 0 Å². The Labute approximate surface area is 634 Å². The maximum absolute atomic E-state index is 13.5. The van der Waals surface area contributed by atoms with Gasteiger partial charge in [-0.3, -0.25) is 4.79 Å². The van der Waals surface area contributed by atoms with E-state index < -0.39 is 124 Å². The molecule has 1 amide bonds. The highest BCUT2D eigenvalue weighted by atomic mass is 16.8. The lowest BCUT2D eigenvalue weighted by Crippen LogP contribution is -2.66. The normalized spacial score (nSPS) is 26.4. The molecular weight excluding hydrogens is 1330 g/mol. The zero-order valence-electron chi connectivity index (χ0n) is 64.9. The van der Waals surface area contributed by atoms with E-state index in [1.165, 1.54) is 180 Å². The van der Waals surface area contributed by atoms with Crippen LogP contribution in [0, 0.1) is 0 Å². The predicted molar refractivity (Wildman–Crippen MR) is 420 cm³/mol. The Bertz CT molecular complexity index is 2320. The van der Waals surface area contributed by atoms with Gasteiger partial charge in [-0.15, -0.1) is 0 Å². The van der Waals surface area contributed by atoms with Gasteiger partial charge in [0.25, 0.3) is 0 Å². The molecule has 0 radical (unpaired) electrons. The van der Waals surface area contributed by atoms with Crippen LogP contribution in [0.2, 0.25) is 0 Å². The lowest BCUT2D eigenvalue weighted by molar-refractivity contribution is -0.379. The van der Waals surface area contributed by atoms with Gasteiger partial charge < -0.3 is 89.9 Å². The summed E-state index contributed by atoms with van der Waals surface area (Å²) < 4.78 is 34.4. The maximum atomic E-state index is 13.5. The molecule has 12 N–H and O–H groups in total. The molecule has 0 saturated carbocycles. The number of carbonyl (C=O) groups is 1. The molecule has 19 nitrogen and oxygen atoms in total. The molecule has 19 heteroatoms. The van der Waals surface area contributed by atoms with Gasteiger partial charge in [-0.1, -0.05) is 309 Å². The van der Waals surface area contributed by atoms with Crippen molar-refractivity contribution in [2.45, 2.75) is 401 Å². The molecule has 3 saturated heterocycles. The van der Waals surface area contributed by atoms with Crippen LogP contribution in [-0.2, 0) is 33.2 Å². The molecule has 3 fully saturated rings. The first-order valence-electron chi connectivity index (χ1n) is 41.6. The van der Waals surface area contributed by atoms with Crippen LogP contribution in [0.15, 0.2) is 109 Å². The lowest BCUT2D eigenvalue weighted by atomic mass is 9.96. The first kappa shape index (κ1) is 95.7. The summed E-state index contributed by atoms with van der Waals surface area (Å²) in [7, 11) is 0. The number of ether oxygens (including phenoxy) is 6. The molecule has 3 heterocycles. The average Bonchev–Trinajstić information content (AvgIpc) is 0.780. The summed E-state index contributed by atoms with van der Waals surface area (Å²) in [6.07, 6.45) is 63.7. The third kappa shape index (κ3) is 44.8. The van der Waals surface area contributed by atoms with E-state index in [4.69, 9.17) is 28.4 Å². The number of rotatable bonds is 65. The second-order valence-corrected chi connectivity index (χ2v) is 29.2. The fourth-order valence-electron chi connectivity index (χ4n) is 13.4. The number of aliphatic hydroxyl groups excluding tert-OH is 11. The molecular formula is C86H149NO18. The molecule has 105 heavy (non-hydrogen) atoms. The van der Waals surface area contributed by atoms with Gasteiger partial charge >= 0.3 is 0 Å². The Hall–Kier alpha value is -3.55. The average molecular weight is 1490 g/mol. The Morgan fingerprint density at radius 3 is 1.07 bits per heavy atom. The molecule has 0 aliphatic carbocycles. The van der Waals surface area contributed by atoms with Gasteiger partial charge in [0, 0.05) is 6.42 Å². The summed E-state index contributed by atoms with van der Waals surface area (Å²) in [6.45, 7) is 1.62. The van der Waals surface area contributed by atoms with E-state index in [2.05, 4.69) is 116 Å². The quantitative estimate of drug-likeness (QED) is 0.0199. The fraction of sp³-hybridized carbons (Fsp3) is 0.779. The predicted octanol–water partition coefficient (Wildman–Crippen LogP) is 14.5. The second-order valence-electron chi connectivity index (χ2n) is 29.2. The van der Waals surface area contributed by atoms with Crippen molar-refractivity contribution >= 4 is 5.91 Å². The second kappa shape index (κ2) is 65.2. The monoisotopic (exact) mass is 1480 g/mol. The Balaban J connectivity index is 1.33.